The van der Waals surface area contributed by atoms with Crippen LogP contribution in [0.3, 0.4) is 0 Å². The van der Waals surface area contributed by atoms with Crippen molar-refractivity contribution < 1.29 is 0 Å². The third kappa shape index (κ3) is 1.90. The van der Waals surface area contributed by atoms with E-state index in [1.807, 2.05) is 0 Å². The van der Waals surface area contributed by atoms with Crippen LogP contribution in [0, 0.1) is 0 Å². The van der Waals surface area contributed by atoms with Crippen LogP contribution in [0.25, 0.3) is 5.57 Å². The Morgan fingerprint density at radius 1 is 1.00 bits per heavy atom. The summed E-state index contributed by atoms with van der Waals surface area (Å²) in [6, 6.07) is 12.6. The lowest BCUT2D eigenvalue weighted by atomic mass is 9.99. The highest BCUT2D eigenvalue weighted by Gasteiger charge is 2.21. The van der Waals surface area contributed by atoms with Crippen molar-refractivity contribution in [1.29, 1.82) is 0 Å². The number of hydrogen-bond acceptors (Lipinski definition) is 1. The molecule has 0 fully saturated rings. The molecule has 0 nitrogen and oxygen atoms in total. The molecule has 0 N–H and O–H groups in total. The summed E-state index contributed by atoms with van der Waals surface area (Å²) in [5.41, 5.74) is 3.53. The molecule has 3 rings (SSSR count). The molecule has 1 aliphatic rings. The normalized spacial score (nSPS) is 13.2. The highest BCUT2D eigenvalue weighted by molar-refractivity contribution is 9.10. The topological polar surface area (TPSA) is 0 Å². The minimum absolute atomic E-state index is 1.09. The fourth-order valence-corrected chi connectivity index (χ4v) is 4.42. The molecule has 2 aromatic carbocycles. The Bertz CT molecular complexity index is 632. The molecule has 1 heterocycles. The van der Waals surface area contributed by atoms with E-state index in [-0.39, 0.29) is 0 Å². The van der Waals surface area contributed by atoms with Crippen molar-refractivity contribution in [1.82, 2.24) is 0 Å². The van der Waals surface area contributed by atoms with Gasteiger partial charge in [0, 0.05) is 24.3 Å². The number of fused-ring (bicyclic) bond motifs is 2. The highest BCUT2D eigenvalue weighted by atomic mass is 79.9. The summed E-state index contributed by atoms with van der Waals surface area (Å²) < 4.78 is 2.22. The van der Waals surface area contributed by atoms with E-state index in [9.17, 15) is 0 Å². The highest BCUT2D eigenvalue weighted by Crippen LogP contribution is 2.47. The summed E-state index contributed by atoms with van der Waals surface area (Å²) in [6.07, 6.45) is 0. The van der Waals surface area contributed by atoms with E-state index in [1.54, 1.807) is 11.8 Å². The molecule has 0 aliphatic carbocycles. The number of rotatable bonds is 0. The average molecular weight is 368 g/mol. The van der Waals surface area contributed by atoms with Gasteiger partial charge in [0.2, 0.25) is 0 Å². The largest absolute Gasteiger partial charge is 0.0904 e. The van der Waals surface area contributed by atoms with E-state index < -0.39 is 0 Å². The third-order valence-electron chi connectivity index (χ3n) is 2.77. The van der Waals surface area contributed by atoms with Crippen molar-refractivity contribution in [2.75, 3.05) is 0 Å². The van der Waals surface area contributed by atoms with E-state index in [4.69, 9.17) is 0 Å². The van der Waals surface area contributed by atoms with E-state index in [0.717, 1.165) is 14.5 Å². The van der Waals surface area contributed by atoms with Gasteiger partial charge in [-0.2, -0.15) is 0 Å². The van der Waals surface area contributed by atoms with Crippen LogP contribution in [0.1, 0.15) is 11.1 Å². The number of halogens is 2. The van der Waals surface area contributed by atoms with Crippen LogP contribution in [0.2, 0.25) is 0 Å². The zero-order chi connectivity index (χ0) is 12.0. The van der Waals surface area contributed by atoms with Crippen LogP contribution >= 0.6 is 43.6 Å². The zero-order valence-corrected chi connectivity index (χ0v) is 12.8. The van der Waals surface area contributed by atoms with Crippen LogP contribution in [-0.2, 0) is 0 Å². The maximum Gasteiger partial charge on any atom is 0.0265 e. The molecule has 0 aromatic heterocycles. The molecule has 0 bridgehead atoms. The Kier molecular flexibility index (Phi) is 2.93. The van der Waals surface area contributed by atoms with Gasteiger partial charge < -0.3 is 0 Å². The van der Waals surface area contributed by atoms with Crippen molar-refractivity contribution in [3.05, 3.63) is 63.0 Å². The molecule has 17 heavy (non-hydrogen) atoms. The first-order chi connectivity index (χ1) is 8.16. The standard InChI is InChI=1S/C14H8Br2S/c1-8-10-6-5-9(15)7-13(10)17-12-4-2-3-11(16)14(8)12/h2-7H,1H2. The molecule has 0 amide bonds. The fourth-order valence-electron chi connectivity index (χ4n) is 1.97. The SMILES string of the molecule is C=C1c2ccc(Br)cc2Sc2cccc(Br)c21. The number of benzene rings is 2. The molecule has 0 unspecified atom stereocenters. The second kappa shape index (κ2) is 4.30. The van der Waals surface area contributed by atoms with E-state index >= 15 is 0 Å². The minimum atomic E-state index is 1.09. The predicted molar refractivity (Wildman–Crippen MR) is 80.5 cm³/mol. The van der Waals surface area contributed by atoms with Crippen molar-refractivity contribution in [3.8, 4) is 0 Å². The quantitative estimate of drug-likeness (QED) is 0.488. The summed E-state index contributed by atoms with van der Waals surface area (Å²) >= 11 is 8.91. The first-order valence-corrected chi connectivity index (χ1v) is 7.52. The molecule has 2 aromatic rings. The van der Waals surface area contributed by atoms with Gasteiger partial charge >= 0.3 is 0 Å². The smallest absolute Gasteiger partial charge is 0.0265 e. The van der Waals surface area contributed by atoms with Crippen LogP contribution < -0.4 is 0 Å². The summed E-state index contributed by atoms with van der Waals surface area (Å²) in [5, 5.41) is 0. The predicted octanol–water partition coefficient (Wildman–Crippen LogP) is 5.74. The average Bonchev–Trinajstić information content (AvgIpc) is 2.28. The Labute approximate surface area is 121 Å². The molecule has 0 saturated heterocycles. The van der Waals surface area contributed by atoms with Crippen LogP contribution in [0.15, 0.2) is 61.7 Å². The molecule has 3 heteroatoms. The van der Waals surface area contributed by atoms with Gasteiger partial charge in [-0.05, 0) is 35.4 Å². The Balaban J connectivity index is 2.25. The second-order valence-electron chi connectivity index (χ2n) is 3.83. The molecule has 0 saturated carbocycles. The second-order valence-corrected chi connectivity index (χ2v) is 6.69. The lowest BCUT2D eigenvalue weighted by molar-refractivity contribution is 1.27. The van der Waals surface area contributed by atoms with Gasteiger partial charge in [-0.1, -0.05) is 62.3 Å². The van der Waals surface area contributed by atoms with Gasteiger partial charge in [-0.3, -0.25) is 0 Å². The molecule has 0 radical (unpaired) electrons. The Morgan fingerprint density at radius 2 is 1.82 bits per heavy atom. The summed E-state index contributed by atoms with van der Waals surface area (Å²) in [6.45, 7) is 4.23. The van der Waals surface area contributed by atoms with Crippen molar-refractivity contribution in [2.24, 2.45) is 0 Å². The van der Waals surface area contributed by atoms with Gasteiger partial charge in [0.05, 0.1) is 0 Å². The maximum atomic E-state index is 4.23. The van der Waals surface area contributed by atoms with E-state index in [2.05, 4.69) is 74.8 Å². The third-order valence-corrected chi connectivity index (χ3v) is 5.04. The fraction of sp³-hybridized carbons (Fsp3) is 0. The van der Waals surface area contributed by atoms with E-state index in [0.29, 0.717) is 0 Å². The molecular weight excluding hydrogens is 360 g/mol. The van der Waals surface area contributed by atoms with Gasteiger partial charge in [0.25, 0.3) is 0 Å². The molecule has 84 valence electrons. The lowest BCUT2D eigenvalue weighted by Gasteiger charge is -2.22. The van der Waals surface area contributed by atoms with Gasteiger partial charge in [-0.25, -0.2) is 0 Å². The molecule has 1 aliphatic heterocycles. The van der Waals surface area contributed by atoms with E-state index in [1.165, 1.54) is 20.9 Å². The minimum Gasteiger partial charge on any atom is -0.0904 e. The van der Waals surface area contributed by atoms with Gasteiger partial charge in [0.1, 0.15) is 0 Å². The monoisotopic (exact) mass is 366 g/mol. The number of hydrogen-bond donors (Lipinski definition) is 0. The van der Waals surface area contributed by atoms with Gasteiger partial charge in [0.15, 0.2) is 0 Å². The lowest BCUT2D eigenvalue weighted by Crippen LogP contribution is -1.98. The summed E-state index contributed by atoms with van der Waals surface area (Å²) in [7, 11) is 0. The van der Waals surface area contributed by atoms with Crippen LogP contribution in [0.4, 0.5) is 0 Å². The first kappa shape index (κ1) is 11.6. The van der Waals surface area contributed by atoms with Crippen molar-refractivity contribution in [3.63, 3.8) is 0 Å². The molecule has 0 atom stereocenters. The Morgan fingerprint density at radius 3 is 2.65 bits per heavy atom. The van der Waals surface area contributed by atoms with Gasteiger partial charge in [-0.15, -0.1) is 0 Å². The molecular formula is C14H8Br2S. The molecule has 0 spiro atoms. The maximum absolute atomic E-state index is 4.23. The van der Waals surface area contributed by atoms with Crippen LogP contribution in [0.5, 0.6) is 0 Å². The van der Waals surface area contributed by atoms with Crippen LogP contribution in [-0.4, -0.2) is 0 Å². The van der Waals surface area contributed by atoms with Crippen molar-refractivity contribution in [2.45, 2.75) is 9.79 Å². The Hall–Kier alpha value is -0.510. The summed E-state index contributed by atoms with van der Waals surface area (Å²) in [4.78, 5) is 2.52. The summed E-state index contributed by atoms with van der Waals surface area (Å²) in [5.74, 6) is 0. The van der Waals surface area contributed by atoms with Crippen molar-refractivity contribution >= 4 is 49.2 Å². The first-order valence-electron chi connectivity index (χ1n) is 5.12. The zero-order valence-electron chi connectivity index (χ0n) is 8.84.